The second-order valence-corrected chi connectivity index (χ2v) is 8.28. The number of amides is 1. The SMILES string of the molecule is Cc1cc(CN(C)C(=O)c2ccc3c(c2)CCCN3S(C)(=O)=O)no1. The minimum absolute atomic E-state index is 0.139. The van der Waals surface area contributed by atoms with Gasteiger partial charge in [0, 0.05) is 25.2 Å². The van der Waals surface area contributed by atoms with Gasteiger partial charge in [-0.05, 0) is 43.5 Å². The molecule has 1 aromatic carbocycles. The van der Waals surface area contributed by atoms with Crippen LogP contribution in [0.15, 0.2) is 28.8 Å². The zero-order chi connectivity index (χ0) is 18.2. The van der Waals surface area contributed by atoms with Gasteiger partial charge >= 0.3 is 0 Å². The Morgan fingerprint density at radius 1 is 1.36 bits per heavy atom. The van der Waals surface area contributed by atoms with Crippen LogP contribution in [-0.2, 0) is 23.0 Å². The van der Waals surface area contributed by atoms with Gasteiger partial charge in [-0.3, -0.25) is 9.10 Å². The van der Waals surface area contributed by atoms with Gasteiger partial charge in [0.25, 0.3) is 5.91 Å². The second-order valence-electron chi connectivity index (χ2n) is 6.37. The summed E-state index contributed by atoms with van der Waals surface area (Å²) >= 11 is 0. The lowest BCUT2D eigenvalue weighted by Crippen LogP contribution is -2.35. The van der Waals surface area contributed by atoms with E-state index in [-0.39, 0.29) is 5.91 Å². The van der Waals surface area contributed by atoms with Crippen molar-refractivity contribution in [3.05, 3.63) is 46.8 Å². The van der Waals surface area contributed by atoms with Crippen molar-refractivity contribution >= 4 is 21.6 Å². The van der Waals surface area contributed by atoms with Crippen LogP contribution >= 0.6 is 0 Å². The summed E-state index contributed by atoms with van der Waals surface area (Å²) in [5.41, 5.74) is 2.78. The number of anilines is 1. The van der Waals surface area contributed by atoms with Gasteiger partial charge in [-0.25, -0.2) is 8.42 Å². The molecule has 0 fully saturated rings. The third kappa shape index (κ3) is 3.68. The molecule has 7 nitrogen and oxygen atoms in total. The van der Waals surface area contributed by atoms with Gasteiger partial charge in [0.2, 0.25) is 10.0 Å². The monoisotopic (exact) mass is 363 g/mol. The van der Waals surface area contributed by atoms with E-state index < -0.39 is 10.0 Å². The normalized spacial score (nSPS) is 14.3. The maximum Gasteiger partial charge on any atom is 0.253 e. The van der Waals surface area contributed by atoms with Crippen molar-refractivity contribution in [2.24, 2.45) is 0 Å². The topological polar surface area (TPSA) is 83.7 Å². The first kappa shape index (κ1) is 17.5. The molecule has 0 spiro atoms. The van der Waals surface area contributed by atoms with Gasteiger partial charge in [-0.15, -0.1) is 0 Å². The molecule has 2 heterocycles. The Kier molecular flexibility index (Phi) is 4.55. The van der Waals surface area contributed by atoms with Crippen molar-refractivity contribution in [3.63, 3.8) is 0 Å². The summed E-state index contributed by atoms with van der Waals surface area (Å²) < 4.78 is 30.3. The van der Waals surface area contributed by atoms with Crippen molar-refractivity contribution in [1.82, 2.24) is 10.1 Å². The highest BCUT2D eigenvalue weighted by molar-refractivity contribution is 7.92. The molecule has 0 saturated carbocycles. The lowest BCUT2D eigenvalue weighted by atomic mass is 10.0. The smallest absolute Gasteiger partial charge is 0.253 e. The predicted molar refractivity (Wildman–Crippen MR) is 94.0 cm³/mol. The van der Waals surface area contributed by atoms with Crippen molar-refractivity contribution in [2.75, 3.05) is 24.2 Å². The summed E-state index contributed by atoms with van der Waals surface area (Å²) in [6.07, 6.45) is 2.70. The molecule has 0 atom stereocenters. The number of carbonyl (C=O) groups is 1. The van der Waals surface area contributed by atoms with Gasteiger partial charge in [0.05, 0.1) is 18.5 Å². The Hall–Kier alpha value is -2.35. The Labute approximate surface area is 147 Å². The molecule has 0 aliphatic carbocycles. The Bertz CT molecular complexity index is 904. The molecule has 1 aliphatic rings. The highest BCUT2D eigenvalue weighted by Crippen LogP contribution is 2.30. The zero-order valence-corrected chi connectivity index (χ0v) is 15.3. The molecule has 25 heavy (non-hydrogen) atoms. The van der Waals surface area contributed by atoms with Gasteiger partial charge in [-0.1, -0.05) is 5.16 Å². The molecule has 3 rings (SSSR count). The summed E-state index contributed by atoms with van der Waals surface area (Å²) in [7, 11) is -1.60. The Balaban J connectivity index is 1.82. The molecule has 0 unspecified atom stereocenters. The summed E-state index contributed by atoms with van der Waals surface area (Å²) in [5.74, 6) is 0.561. The van der Waals surface area contributed by atoms with Crippen LogP contribution in [-0.4, -0.2) is 44.2 Å². The molecule has 8 heteroatoms. The van der Waals surface area contributed by atoms with Crippen LogP contribution < -0.4 is 4.31 Å². The number of fused-ring (bicyclic) bond motifs is 1. The van der Waals surface area contributed by atoms with Crippen LogP contribution in [0, 0.1) is 6.92 Å². The lowest BCUT2D eigenvalue weighted by molar-refractivity contribution is 0.0782. The number of benzene rings is 1. The second kappa shape index (κ2) is 6.51. The highest BCUT2D eigenvalue weighted by Gasteiger charge is 2.25. The van der Waals surface area contributed by atoms with Crippen LogP contribution in [0.25, 0.3) is 0 Å². The molecular weight excluding hydrogens is 342 g/mol. The van der Waals surface area contributed by atoms with E-state index in [4.69, 9.17) is 4.52 Å². The number of sulfonamides is 1. The Morgan fingerprint density at radius 3 is 2.76 bits per heavy atom. The molecule has 0 radical (unpaired) electrons. The molecule has 0 bridgehead atoms. The number of rotatable bonds is 4. The minimum Gasteiger partial charge on any atom is -0.361 e. The Morgan fingerprint density at radius 2 is 2.12 bits per heavy atom. The van der Waals surface area contributed by atoms with E-state index >= 15 is 0 Å². The van der Waals surface area contributed by atoms with E-state index in [1.165, 1.54) is 10.6 Å². The molecular formula is C17H21N3O4S. The lowest BCUT2D eigenvalue weighted by Gasteiger charge is -2.29. The summed E-state index contributed by atoms with van der Waals surface area (Å²) in [5, 5.41) is 3.90. The quantitative estimate of drug-likeness (QED) is 0.829. The standard InChI is InChI=1S/C17H21N3O4S/c1-12-9-15(18-24-12)11-19(2)17(21)14-6-7-16-13(10-14)5-4-8-20(16)25(3,22)23/h6-7,9-10H,4-5,8,11H2,1-3H3. The predicted octanol–water partition coefficient (Wildman–Crippen LogP) is 1.97. The maximum atomic E-state index is 12.7. The van der Waals surface area contributed by atoms with Crippen LogP contribution in [0.2, 0.25) is 0 Å². The van der Waals surface area contributed by atoms with Crippen molar-refractivity contribution in [2.45, 2.75) is 26.3 Å². The number of hydrogen-bond donors (Lipinski definition) is 0. The molecule has 1 aliphatic heterocycles. The van der Waals surface area contributed by atoms with Gasteiger partial charge in [0.1, 0.15) is 11.5 Å². The summed E-state index contributed by atoms with van der Waals surface area (Å²) in [6, 6.07) is 6.98. The maximum absolute atomic E-state index is 12.7. The summed E-state index contributed by atoms with van der Waals surface area (Å²) in [4.78, 5) is 14.2. The molecule has 0 N–H and O–H groups in total. The van der Waals surface area contributed by atoms with Crippen LogP contribution in [0.3, 0.4) is 0 Å². The number of aromatic nitrogens is 1. The first-order valence-corrected chi connectivity index (χ1v) is 9.89. The van der Waals surface area contributed by atoms with Gasteiger partial charge in [0.15, 0.2) is 0 Å². The van der Waals surface area contributed by atoms with Crippen molar-refractivity contribution in [3.8, 4) is 0 Å². The zero-order valence-electron chi connectivity index (χ0n) is 14.5. The van der Waals surface area contributed by atoms with Gasteiger partial charge < -0.3 is 9.42 Å². The van der Waals surface area contributed by atoms with Crippen LogP contribution in [0.1, 0.15) is 33.8 Å². The number of aryl methyl sites for hydroxylation is 2. The van der Waals surface area contributed by atoms with Crippen LogP contribution in [0.5, 0.6) is 0 Å². The van der Waals surface area contributed by atoms with E-state index in [9.17, 15) is 13.2 Å². The first-order valence-electron chi connectivity index (χ1n) is 8.04. The van der Waals surface area contributed by atoms with E-state index in [0.29, 0.717) is 35.8 Å². The highest BCUT2D eigenvalue weighted by atomic mass is 32.2. The fourth-order valence-corrected chi connectivity index (χ4v) is 4.06. The number of nitrogens with zero attached hydrogens (tertiary/aromatic N) is 3. The molecule has 0 saturated heterocycles. The van der Waals surface area contributed by atoms with E-state index in [1.54, 1.807) is 43.1 Å². The van der Waals surface area contributed by atoms with Gasteiger partial charge in [-0.2, -0.15) is 0 Å². The average Bonchev–Trinajstić information content (AvgIpc) is 2.97. The fourth-order valence-electron chi connectivity index (χ4n) is 3.07. The third-order valence-corrected chi connectivity index (χ3v) is 5.41. The van der Waals surface area contributed by atoms with E-state index in [1.807, 2.05) is 0 Å². The molecule has 134 valence electrons. The van der Waals surface area contributed by atoms with Crippen molar-refractivity contribution < 1.29 is 17.7 Å². The average molecular weight is 363 g/mol. The fraction of sp³-hybridized carbons (Fsp3) is 0.412. The molecule has 1 amide bonds. The van der Waals surface area contributed by atoms with E-state index in [0.717, 1.165) is 18.4 Å². The summed E-state index contributed by atoms with van der Waals surface area (Å²) in [6.45, 7) is 2.63. The largest absolute Gasteiger partial charge is 0.361 e. The molecule has 1 aromatic heterocycles. The number of hydrogen-bond acceptors (Lipinski definition) is 5. The molecule has 2 aromatic rings. The number of carbonyl (C=O) groups excluding carboxylic acids is 1. The minimum atomic E-state index is -3.31. The van der Waals surface area contributed by atoms with Crippen molar-refractivity contribution in [1.29, 1.82) is 0 Å². The first-order chi connectivity index (χ1) is 11.8. The van der Waals surface area contributed by atoms with E-state index in [2.05, 4.69) is 5.16 Å². The van der Waals surface area contributed by atoms with Crippen LogP contribution in [0.4, 0.5) is 5.69 Å². The third-order valence-electron chi connectivity index (χ3n) is 4.23.